The van der Waals surface area contributed by atoms with Gasteiger partial charge >= 0.3 is 0 Å². The minimum absolute atomic E-state index is 0.343. The Morgan fingerprint density at radius 1 is 0.724 bits per heavy atom. The molecule has 0 bridgehead atoms. The van der Waals surface area contributed by atoms with Crippen molar-refractivity contribution in [2.75, 3.05) is 36.4 Å². The predicted molar refractivity (Wildman–Crippen MR) is 118 cm³/mol. The average molecular weight is 408 g/mol. The normalized spacial score (nSPS) is 15.2. The zero-order valence-electron chi connectivity index (χ0n) is 16.2. The third kappa shape index (κ3) is 4.60. The lowest BCUT2D eigenvalue weighted by Gasteiger charge is -2.35. The molecular weight excluding hydrogens is 382 g/mol. The van der Waals surface area contributed by atoms with Crippen LogP contribution in [0, 0.1) is 0 Å². The minimum atomic E-state index is -3.47. The van der Waals surface area contributed by atoms with Crippen LogP contribution < -0.4 is 10.2 Å². The Morgan fingerprint density at radius 2 is 1.31 bits per heavy atom. The molecule has 1 saturated heterocycles. The van der Waals surface area contributed by atoms with Crippen LogP contribution in [0.1, 0.15) is 5.56 Å². The second-order valence-electron chi connectivity index (χ2n) is 7.09. The fraction of sp³-hybridized carbons (Fsp3) is 0.217. The maximum absolute atomic E-state index is 13.0. The second kappa shape index (κ2) is 8.68. The first-order valence-corrected chi connectivity index (χ1v) is 11.2. The number of benzene rings is 3. The van der Waals surface area contributed by atoms with Gasteiger partial charge in [0, 0.05) is 44.1 Å². The molecule has 6 heteroatoms. The molecule has 1 aliphatic rings. The number of piperazine rings is 1. The standard InChI is InChI=1S/C23H25N3O2S/c27-29(28,26-17-15-25(16-18-26)22-9-5-2-6-10-22)23-13-11-21(12-14-23)24-19-20-7-3-1-4-8-20/h1-14,24H,15-19H2. The summed E-state index contributed by atoms with van der Waals surface area (Å²) < 4.78 is 27.6. The highest BCUT2D eigenvalue weighted by Gasteiger charge is 2.28. The summed E-state index contributed by atoms with van der Waals surface area (Å²) in [6.45, 7) is 3.07. The molecule has 29 heavy (non-hydrogen) atoms. The highest BCUT2D eigenvalue weighted by molar-refractivity contribution is 7.89. The molecule has 1 N–H and O–H groups in total. The summed E-state index contributed by atoms with van der Waals surface area (Å²) in [6.07, 6.45) is 0. The molecule has 0 saturated carbocycles. The SMILES string of the molecule is O=S(=O)(c1ccc(NCc2ccccc2)cc1)N1CCN(c2ccccc2)CC1. The van der Waals surface area contributed by atoms with Gasteiger partial charge in [0.25, 0.3) is 0 Å². The summed E-state index contributed by atoms with van der Waals surface area (Å²) in [6, 6.07) is 27.3. The van der Waals surface area contributed by atoms with Crippen LogP contribution in [0.4, 0.5) is 11.4 Å². The number of anilines is 2. The molecule has 0 atom stereocenters. The van der Waals surface area contributed by atoms with Gasteiger partial charge in [-0.1, -0.05) is 48.5 Å². The van der Waals surface area contributed by atoms with Gasteiger partial charge in [0.15, 0.2) is 0 Å². The Hall–Kier alpha value is -2.83. The van der Waals surface area contributed by atoms with E-state index in [1.807, 2.05) is 48.5 Å². The molecule has 0 aliphatic carbocycles. The molecule has 3 aromatic rings. The number of rotatable bonds is 6. The Kier molecular flexibility index (Phi) is 5.83. The van der Waals surface area contributed by atoms with Crippen LogP contribution >= 0.6 is 0 Å². The Morgan fingerprint density at radius 3 is 1.93 bits per heavy atom. The fourth-order valence-corrected chi connectivity index (χ4v) is 4.94. The smallest absolute Gasteiger partial charge is 0.243 e. The maximum Gasteiger partial charge on any atom is 0.243 e. The van der Waals surface area contributed by atoms with Crippen molar-refractivity contribution in [3.63, 3.8) is 0 Å². The van der Waals surface area contributed by atoms with Gasteiger partial charge in [-0.25, -0.2) is 8.42 Å². The summed E-state index contributed by atoms with van der Waals surface area (Å²) in [5.74, 6) is 0. The quantitative estimate of drug-likeness (QED) is 0.675. The van der Waals surface area contributed by atoms with E-state index in [4.69, 9.17) is 0 Å². The molecule has 4 rings (SSSR count). The van der Waals surface area contributed by atoms with Crippen molar-refractivity contribution in [3.8, 4) is 0 Å². The molecule has 5 nitrogen and oxygen atoms in total. The number of sulfonamides is 1. The largest absolute Gasteiger partial charge is 0.381 e. The molecule has 0 unspecified atom stereocenters. The van der Waals surface area contributed by atoms with Crippen molar-refractivity contribution in [2.45, 2.75) is 11.4 Å². The van der Waals surface area contributed by atoms with Crippen molar-refractivity contribution in [1.82, 2.24) is 4.31 Å². The molecule has 0 radical (unpaired) electrons. The van der Waals surface area contributed by atoms with Crippen LogP contribution in [0.2, 0.25) is 0 Å². The van der Waals surface area contributed by atoms with Crippen LogP contribution in [-0.2, 0) is 16.6 Å². The first-order chi connectivity index (χ1) is 14.1. The minimum Gasteiger partial charge on any atom is -0.381 e. The Balaban J connectivity index is 1.37. The van der Waals surface area contributed by atoms with Gasteiger partial charge in [0.2, 0.25) is 10.0 Å². The predicted octanol–water partition coefficient (Wildman–Crippen LogP) is 3.81. The third-order valence-corrected chi connectivity index (χ3v) is 7.10. The summed E-state index contributed by atoms with van der Waals surface area (Å²) >= 11 is 0. The highest BCUT2D eigenvalue weighted by atomic mass is 32.2. The van der Waals surface area contributed by atoms with Gasteiger partial charge in [0.05, 0.1) is 4.90 Å². The topological polar surface area (TPSA) is 52.7 Å². The van der Waals surface area contributed by atoms with Crippen LogP contribution in [-0.4, -0.2) is 38.9 Å². The molecule has 0 spiro atoms. The molecule has 1 heterocycles. The molecule has 3 aromatic carbocycles. The van der Waals surface area contributed by atoms with Gasteiger partial charge in [-0.05, 0) is 42.0 Å². The number of nitrogens with zero attached hydrogens (tertiary/aromatic N) is 2. The lowest BCUT2D eigenvalue weighted by molar-refractivity contribution is 0.385. The van der Waals surface area contributed by atoms with Crippen LogP contribution in [0.15, 0.2) is 89.8 Å². The number of para-hydroxylation sites is 1. The highest BCUT2D eigenvalue weighted by Crippen LogP contribution is 2.22. The van der Waals surface area contributed by atoms with E-state index >= 15 is 0 Å². The van der Waals surface area contributed by atoms with Gasteiger partial charge in [-0.3, -0.25) is 0 Å². The van der Waals surface area contributed by atoms with Gasteiger partial charge in [-0.15, -0.1) is 0 Å². The van der Waals surface area contributed by atoms with Crippen molar-refractivity contribution in [2.24, 2.45) is 0 Å². The van der Waals surface area contributed by atoms with Crippen LogP contribution in [0.25, 0.3) is 0 Å². The zero-order valence-corrected chi connectivity index (χ0v) is 17.1. The summed E-state index contributed by atoms with van der Waals surface area (Å²) in [7, 11) is -3.47. The molecule has 0 amide bonds. The number of hydrogen-bond donors (Lipinski definition) is 1. The van der Waals surface area contributed by atoms with Crippen molar-refractivity contribution < 1.29 is 8.42 Å². The fourth-order valence-electron chi connectivity index (χ4n) is 3.52. The zero-order chi connectivity index (χ0) is 20.1. The van der Waals surface area contributed by atoms with E-state index in [-0.39, 0.29) is 0 Å². The Labute approximate surface area is 172 Å². The molecule has 1 fully saturated rings. The van der Waals surface area contributed by atoms with Gasteiger partial charge < -0.3 is 10.2 Å². The van der Waals surface area contributed by atoms with E-state index in [2.05, 4.69) is 34.5 Å². The van der Waals surface area contributed by atoms with E-state index in [0.717, 1.165) is 11.4 Å². The summed E-state index contributed by atoms with van der Waals surface area (Å²) in [5, 5.41) is 3.33. The van der Waals surface area contributed by atoms with E-state index < -0.39 is 10.0 Å². The van der Waals surface area contributed by atoms with E-state index in [1.54, 1.807) is 16.4 Å². The summed E-state index contributed by atoms with van der Waals surface area (Å²) in [5.41, 5.74) is 3.22. The van der Waals surface area contributed by atoms with Crippen LogP contribution in [0.3, 0.4) is 0 Å². The van der Waals surface area contributed by atoms with Crippen molar-refractivity contribution >= 4 is 21.4 Å². The van der Waals surface area contributed by atoms with Crippen molar-refractivity contribution in [3.05, 3.63) is 90.5 Å². The lowest BCUT2D eigenvalue weighted by atomic mass is 10.2. The molecule has 1 aliphatic heterocycles. The van der Waals surface area contributed by atoms with Gasteiger partial charge in [-0.2, -0.15) is 4.31 Å². The third-order valence-electron chi connectivity index (χ3n) is 5.19. The van der Waals surface area contributed by atoms with E-state index in [1.165, 1.54) is 5.56 Å². The second-order valence-corrected chi connectivity index (χ2v) is 9.03. The van der Waals surface area contributed by atoms with E-state index in [0.29, 0.717) is 37.6 Å². The maximum atomic E-state index is 13.0. The van der Waals surface area contributed by atoms with Gasteiger partial charge in [0.1, 0.15) is 0 Å². The molecular formula is C23H25N3O2S. The monoisotopic (exact) mass is 407 g/mol. The molecule has 150 valence electrons. The molecule has 0 aromatic heterocycles. The first kappa shape index (κ1) is 19.5. The van der Waals surface area contributed by atoms with E-state index in [9.17, 15) is 8.42 Å². The first-order valence-electron chi connectivity index (χ1n) is 9.81. The number of nitrogens with one attached hydrogen (secondary N) is 1. The lowest BCUT2D eigenvalue weighted by Crippen LogP contribution is -2.48. The van der Waals surface area contributed by atoms with Crippen LogP contribution in [0.5, 0.6) is 0 Å². The Bertz CT molecular complexity index is 1010. The average Bonchev–Trinajstić information content (AvgIpc) is 2.79. The number of hydrogen-bond acceptors (Lipinski definition) is 4. The summed E-state index contributed by atoms with van der Waals surface area (Å²) in [4.78, 5) is 2.57. The van der Waals surface area contributed by atoms with Crippen molar-refractivity contribution in [1.29, 1.82) is 0 Å².